The Morgan fingerprint density at radius 2 is 2.00 bits per heavy atom. The van der Waals surface area contributed by atoms with Gasteiger partial charge in [0.05, 0.1) is 24.5 Å². The molecule has 1 spiro atoms. The van der Waals surface area contributed by atoms with Crippen molar-refractivity contribution in [2.75, 3.05) is 43.2 Å². The van der Waals surface area contributed by atoms with E-state index in [1.54, 1.807) is 0 Å². The van der Waals surface area contributed by atoms with Crippen LogP contribution in [0, 0.1) is 5.41 Å². The first-order chi connectivity index (χ1) is 13.6. The Labute approximate surface area is 166 Å². The summed E-state index contributed by atoms with van der Waals surface area (Å²) in [5.74, 6) is 0.142. The molecule has 6 nitrogen and oxygen atoms in total. The van der Waals surface area contributed by atoms with Gasteiger partial charge in [0, 0.05) is 54.2 Å². The second kappa shape index (κ2) is 6.78. The Hall–Kier alpha value is -2.05. The molecule has 0 aliphatic carbocycles. The van der Waals surface area contributed by atoms with Gasteiger partial charge in [-0.05, 0) is 51.3 Å². The SMILES string of the molecule is CC(C)Nc1ccc2c(c1)/C(=C1\CC3(CN1)COC3)C(=O)N2C1CCOCC1. The van der Waals surface area contributed by atoms with Crippen molar-refractivity contribution in [3.63, 3.8) is 0 Å². The minimum atomic E-state index is 0.142. The van der Waals surface area contributed by atoms with E-state index in [-0.39, 0.29) is 17.4 Å². The first-order valence-electron chi connectivity index (χ1n) is 10.4. The number of hydrogen-bond acceptors (Lipinski definition) is 5. The molecule has 5 rings (SSSR count). The van der Waals surface area contributed by atoms with Crippen LogP contribution in [0.25, 0.3) is 5.57 Å². The van der Waals surface area contributed by atoms with Crippen molar-refractivity contribution in [1.29, 1.82) is 0 Å². The average Bonchev–Trinajstić information content (AvgIpc) is 3.20. The predicted octanol–water partition coefficient (Wildman–Crippen LogP) is 2.75. The molecule has 3 fully saturated rings. The van der Waals surface area contributed by atoms with Crippen LogP contribution in [0.1, 0.15) is 38.7 Å². The Morgan fingerprint density at radius 1 is 1.21 bits per heavy atom. The Balaban J connectivity index is 1.57. The van der Waals surface area contributed by atoms with E-state index in [4.69, 9.17) is 9.47 Å². The lowest BCUT2D eigenvalue weighted by Crippen LogP contribution is -2.43. The Morgan fingerprint density at radius 3 is 2.64 bits per heavy atom. The summed E-state index contributed by atoms with van der Waals surface area (Å²) in [4.78, 5) is 15.7. The fourth-order valence-corrected chi connectivity index (χ4v) is 4.88. The molecule has 1 amide bonds. The number of allylic oxidation sites excluding steroid dienone is 1. The van der Waals surface area contributed by atoms with Gasteiger partial charge in [-0.1, -0.05) is 0 Å². The van der Waals surface area contributed by atoms with Crippen LogP contribution in [0.5, 0.6) is 0 Å². The minimum absolute atomic E-state index is 0.142. The van der Waals surface area contributed by atoms with Crippen LogP contribution in [0.2, 0.25) is 0 Å². The number of ether oxygens (including phenoxy) is 2. The Bertz CT molecular complexity index is 822. The van der Waals surface area contributed by atoms with Crippen molar-refractivity contribution in [3.8, 4) is 0 Å². The molecule has 6 heteroatoms. The lowest BCUT2D eigenvalue weighted by atomic mass is 9.84. The van der Waals surface area contributed by atoms with E-state index in [1.807, 2.05) is 4.90 Å². The normalized spacial score (nSPS) is 26.5. The van der Waals surface area contributed by atoms with E-state index < -0.39 is 0 Å². The molecule has 0 saturated carbocycles. The van der Waals surface area contributed by atoms with Crippen molar-refractivity contribution in [2.45, 2.75) is 45.2 Å². The van der Waals surface area contributed by atoms with Crippen molar-refractivity contribution in [3.05, 3.63) is 29.5 Å². The summed E-state index contributed by atoms with van der Waals surface area (Å²) in [5.41, 5.74) is 5.29. The molecule has 2 N–H and O–H groups in total. The zero-order valence-electron chi connectivity index (χ0n) is 16.7. The maximum atomic E-state index is 13.6. The topological polar surface area (TPSA) is 62.8 Å². The fraction of sp³-hybridized carbons (Fsp3) is 0.591. The zero-order chi connectivity index (χ0) is 19.3. The second-order valence-corrected chi connectivity index (χ2v) is 8.93. The molecular weight excluding hydrogens is 354 g/mol. The van der Waals surface area contributed by atoms with E-state index in [0.717, 1.165) is 80.4 Å². The molecule has 0 bridgehead atoms. The molecule has 3 saturated heterocycles. The third-order valence-electron chi connectivity index (χ3n) is 6.32. The highest BCUT2D eigenvalue weighted by molar-refractivity contribution is 6.33. The number of anilines is 2. The van der Waals surface area contributed by atoms with Crippen LogP contribution in [0.15, 0.2) is 23.9 Å². The van der Waals surface area contributed by atoms with Crippen LogP contribution in [0.3, 0.4) is 0 Å². The monoisotopic (exact) mass is 383 g/mol. The lowest BCUT2D eigenvalue weighted by Gasteiger charge is -2.36. The van der Waals surface area contributed by atoms with Crippen molar-refractivity contribution in [2.24, 2.45) is 5.41 Å². The molecule has 0 unspecified atom stereocenters. The highest BCUT2D eigenvalue weighted by Crippen LogP contribution is 2.46. The molecular formula is C22H29N3O3. The van der Waals surface area contributed by atoms with E-state index >= 15 is 0 Å². The second-order valence-electron chi connectivity index (χ2n) is 8.93. The summed E-state index contributed by atoms with van der Waals surface area (Å²) >= 11 is 0. The van der Waals surface area contributed by atoms with Gasteiger partial charge in [0.25, 0.3) is 5.91 Å². The molecule has 4 aliphatic rings. The quantitative estimate of drug-likeness (QED) is 0.786. The molecule has 1 aromatic carbocycles. The summed E-state index contributed by atoms with van der Waals surface area (Å²) in [6.45, 7) is 8.18. The highest BCUT2D eigenvalue weighted by Gasteiger charge is 2.47. The third kappa shape index (κ3) is 2.90. The van der Waals surface area contributed by atoms with Crippen LogP contribution in [-0.2, 0) is 14.3 Å². The highest BCUT2D eigenvalue weighted by atomic mass is 16.5. The molecule has 0 aromatic heterocycles. The molecule has 4 aliphatic heterocycles. The summed E-state index contributed by atoms with van der Waals surface area (Å²) in [7, 11) is 0. The van der Waals surface area contributed by atoms with Gasteiger partial charge in [0.15, 0.2) is 0 Å². The molecule has 28 heavy (non-hydrogen) atoms. The number of carbonyl (C=O) groups excluding carboxylic acids is 1. The number of nitrogens with one attached hydrogen (secondary N) is 2. The number of fused-ring (bicyclic) bond motifs is 1. The van der Waals surface area contributed by atoms with Gasteiger partial charge in [0.1, 0.15) is 0 Å². The first-order valence-corrected chi connectivity index (χ1v) is 10.4. The van der Waals surface area contributed by atoms with Gasteiger partial charge in [0.2, 0.25) is 0 Å². The molecule has 0 radical (unpaired) electrons. The predicted molar refractivity (Wildman–Crippen MR) is 109 cm³/mol. The smallest absolute Gasteiger partial charge is 0.260 e. The van der Waals surface area contributed by atoms with Crippen LogP contribution >= 0.6 is 0 Å². The third-order valence-corrected chi connectivity index (χ3v) is 6.32. The van der Waals surface area contributed by atoms with Gasteiger partial charge >= 0.3 is 0 Å². The van der Waals surface area contributed by atoms with E-state index in [1.165, 1.54) is 0 Å². The van der Waals surface area contributed by atoms with Gasteiger partial charge < -0.3 is 25.0 Å². The number of benzene rings is 1. The molecule has 4 heterocycles. The van der Waals surface area contributed by atoms with Crippen molar-refractivity contribution >= 4 is 22.9 Å². The fourth-order valence-electron chi connectivity index (χ4n) is 4.88. The summed E-state index contributed by atoms with van der Waals surface area (Å²) < 4.78 is 11.0. The maximum absolute atomic E-state index is 13.6. The number of amides is 1. The number of nitrogens with zero attached hydrogens (tertiary/aromatic N) is 1. The molecule has 150 valence electrons. The number of rotatable bonds is 3. The molecule has 0 atom stereocenters. The number of hydrogen-bond donors (Lipinski definition) is 2. The van der Waals surface area contributed by atoms with E-state index in [9.17, 15) is 4.79 Å². The largest absolute Gasteiger partial charge is 0.387 e. The van der Waals surface area contributed by atoms with E-state index in [2.05, 4.69) is 42.7 Å². The van der Waals surface area contributed by atoms with Crippen LogP contribution < -0.4 is 15.5 Å². The van der Waals surface area contributed by atoms with Crippen LogP contribution in [0.4, 0.5) is 11.4 Å². The van der Waals surface area contributed by atoms with Crippen molar-refractivity contribution < 1.29 is 14.3 Å². The zero-order valence-corrected chi connectivity index (χ0v) is 16.7. The summed E-state index contributed by atoms with van der Waals surface area (Å²) in [5, 5.41) is 7.03. The average molecular weight is 383 g/mol. The van der Waals surface area contributed by atoms with E-state index in [0.29, 0.717) is 6.04 Å². The molecule has 1 aromatic rings. The standard InChI is InChI=1S/C22H29N3O3/c1-14(2)24-15-3-4-19-17(9-15)20(18-10-22(11-23-18)12-28-13-22)21(26)25(19)16-5-7-27-8-6-16/h3-4,9,14,16,23-24H,5-8,10-13H2,1-2H3/b20-18-. The number of carbonyl (C=O) groups is 1. The van der Waals surface area contributed by atoms with Gasteiger partial charge in [-0.25, -0.2) is 0 Å². The van der Waals surface area contributed by atoms with Crippen LogP contribution in [-0.4, -0.2) is 51.0 Å². The maximum Gasteiger partial charge on any atom is 0.260 e. The van der Waals surface area contributed by atoms with Gasteiger partial charge in [-0.15, -0.1) is 0 Å². The van der Waals surface area contributed by atoms with Gasteiger partial charge in [-0.2, -0.15) is 0 Å². The van der Waals surface area contributed by atoms with Gasteiger partial charge in [-0.3, -0.25) is 4.79 Å². The lowest BCUT2D eigenvalue weighted by molar-refractivity contribution is -0.113. The van der Waals surface area contributed by atoms with Crippen molar-refractivity contribution in [1.82, 2.24) is 5.32 Å². The first kappa shape index (κ1) is 18.0. The summed E-state index contributed by atoms with van der Waals surface area (Å²) in [6, 6.07) is 6.91. The Kier molecular flexibility index (Phi) is 4.36. The minimum Gasteiger partial charge on any atom is -0.387 e. The summed E-state index contributed by atoms with van der Waals surface area (Å²) in [6.07, 6.45) is 2.69.